The van der Waals surface area contributed by atoms with Crippen molar-refractivity contribution in [2.24, 2.45) is 11.8 Å². The normalized spacial score (nSPS) is 12.2. The molecule has 2 rings (SSSR count). The van der Waals surface area contributed by atoms with Gasteiger partial charge in [0.05, 0.1) is 0 Å². The van der Waals surface area contributed by atoms with Gasteiger partial charge in [-0.25, -0.2) is 9.59 Å². The number of unbranched alkanes of at least 4 members (excludes halogenated alkanes) is 9. The topological polar surface area (TPSA) is 135 Å². The maximum atomic E-state index is 12.7. The molecule has 48 heavy (non-hydrogen) atoms. The smallest absolute Gasteiger partial charge is 0.408 e. The molecule has 0 heterocycles. The van der Waals surface area contributed by atoms with Crippen molar-refractivity contribution in [2.75, 3.05) is 13.1 Å². The average molecular weight is 667 g/mol. The molecule has 0 spiro atoms. The summed E-state index contributed by atoms with van der Waals surface area (Å²) >= 11 is 0. The zero-order chi connectivity index (χ0) is 35.0. The molecular formula is C38H58N4O6. The van der Waals surface area contributed by atoms with Crippen molar-refractivity contribution in [1.29, 1.82) is 0 Å². The first-order valence-electron chi connectivity index (χ1n) is 17.7. The molecule has 2 atom stereocenters. The van der Waals surface area contributed by atoms with Gasteiger partial charge < -0.3 is 30.7 Å². The minimum absolute atomic E-state index is 0.0597. The van der Waals surface area contributed by atoms with E-state index >= 15 is 0 Å². The monoisotopic (exact) mass is 666 g/mol. The predicted molar refractivity (Wildman–Crippen MR) is 189 cm³/mol. The van der Waals surface area contributed by atoms with Crippen LogP contribution < -0.4 is 21.3 Å². The van der Waals surface area contributed by atoms with Crippen molar-refractivity contribution in [2.45, 2.75) is 117 Å². The third-order valence-electron chi connectivity index (χ3n) is 8.07. The molecule has 4 N–H and O–H groups in total. The van der Waals surface area contributed by atoms with E-state index < -0.39 is 24.3 Å². The number of amides is 4. The third-order valence-corrected chi connectivity index (χ3v) is 8.07. The van der Waals surface area contributed by atoms with Gasteiger partial charge in [-0.3, -0.25) is 9.59 Å². The molecule has 0 unspecified atom stereocenters. The highest BCUT2D eigenvalue weighted by atomic mass is 16.6. The predicted octanol–water partition coefficient (Wildman–Crippen LogP) is 7.02. The summed E-state index contributed by atoms with van der Waals surface area (Å²) in [6.45, 7) is 9.10. The Kier molecular flexibility index (Phi) is 20.1. The summed E-state index contributed by atoms with van der Waals surface area (Å²) in [6, 6.07) is 17.6. The third kappa shape index (κ3) is 17.7. The van der Waals surface area contributed by atoms with Crippen molar-refractivity contribution in [3.63, 3.8) is 0 Å². The van der Waals surface area contributed by atoms with E-state index in [1.54, 1.807) is 0 Å². The fourth-order valence-electron chi connectivity index (χ4n) is 5.16. The Hall–Kier alpha value is -4.08. The minimum atomic E-state index is -0.639. The summed E-state index contributed by atoms with van der Waals surface area (Å²) in [6.07, 6.45) is 9.71. The van der Waals surface area contributed by atoms with Gasteiger partial charge in [0.1, 0.15) is 25.3 Å². The van der Waals surface area contributed by atoms with Crippen LogP contribution in [0.5, 0.6) is 0 Å². The molecule has 0 fully saturated rings. The van der Waals surface area contributed by atoms with Crippen LogP contribution in [0.3, 0.4) is 0 Å². The number of hydrogen-bond donors (Lipinski definition) is 4. The Morgan fingerprint density at radius 1 is 0.500 bits per heavy atom. The quantitative estimate of drug-likeness (QED) is 0.0942. The summed E-state index contributed by atoms with van der Waals surface area (Å²) < 4.78 is 10.5. The van der Waals surface area contributed by atoms with E-state index in [2.05, 4.69) is 21.3 Å². The van der Waals surface area contributed by atoms with Gasteiger partial charge >= 0.3 is 12.2 Å². The Balaban J connectivity index is 1.44. The van der Waals surface area contributed by atoms with E-state index in [-0.39, 0.29) is 36.9 Å². The van der Waals surface area contributed by atoms with Crippen LogP contribution in [-0.4, -0.2) is 49.2 Å². The number of carbonyl (C=O) groups is 4. The lowest BCUT2D eigenvalue weighted by Crippen LogP contribution is -2.50. The van der Waals surface area contributed by atoms with E-state index in [4.69, 9.17) is 9.47 Å². The molecule has 4 amide bonds. The number of ether oxygens (including phenoxy) is 2. The molecule has 10 heteroatoms. The molecule has 2 aromatic carbocycles. The summed E-state index contributed by atoms with van der Waals surface area (Å²) in [5.74, 6) is -0.486. The van der Waals surface area contributed by atoms with Crippen LogP contribution in [0.15, 0.2) is 60.7 Å². The highest BCUT2D eigenvalue weighted by molar-refractivity contribution is 5.86. The lowest BCUT2D eigenvalue weighted by atomic mass is 10.0. The maximum absolute atomic E-state index is 12.7. The molecule has 0 bridgehead atoms. The largest absolute Gasteiger partial charge is 0.445 e. The first-order chi connectivity index (χ1) is 23.2. The Morgan fingerprint density at radius 3 is 1.12 bits per heavy atom. The zero-order valence-electron chi connectivity index (χ0n) is 29.4. The van der Waals surface area contributed by atoms with Crippen LogP contribution in [-0.2, 0) is 32.3 Å². The number of rotatable bonds is 23. The number of benzene rings is 2. The van der Waals surface area contributed by atoms with Crippen molar-refractivity contribution < 1.29 is 28.7 Å². The standard InChI is InChI=1S/C38H58N4O6/c1-29(2)33(41-37(45)47-27-31-21-15-13-16-22-31)35(43)39-25-19-11-9-7-5-6-8-10-12-20-26-40-36(44)34(30(3)4)42-38(46)48-28-32-23-17-14-18-24-32/h13-18,21-24,29-30,33-34H,5-12,19-20,25-28H2,1-4H3,(H,39,43)(H,40,44)(H,41,45)(H,42,46)/t33-,34-/m0/s1. The SMILES string of the molecule is CC(C)[C@H](NC(=O)OCc1ccccc1)C(=O)NCCCCCCCCCCCCNC(=O)[C@@H](NC(=O)OCc1ccccc1)C(C)C. The Morgan fingerprint density at radius 2 is 0.812 bits per heavy atom. The van der Waals surface area contributed by atoms with Crippen molar-refractivity contribution in [3.05, 3.63) is 71.8 Å². The van der Waals surface area contributed by atoms with E-state index in [1.165, 1.54) is 25.7 Å². The number of alkyl carbamates (subject to hydrolysis) is 2. The van der Waals surface area contributed by atoms with Crippen LogP contribution in [0.4, 0.5) is 9.59 Å². The average Bonchev–Trinajstić information content (AvgIpc) is 3.08. The van der Waals surface area contributed by atoms with E-state index in [0.717, 1.165) is 49.7 Å². The van der Waals surface area contributed by atoms with Gasteiger partial charge in [0.15, 0.2) is 0 Å². The number of carbonyl (C=O) groups excluding carboxylic acids is 4. The van der Waals surface area contributed by atoms with Gasteiger partial charge in [-0.2, -0.15) is 0 Å². The summed E-state index contributed by atoms with van der Waals surface area (Å²) in [7, 11) is 0. The maximum Gasteiger partial charge on any atom is 0.408 e. The molecule has 0 saturated heterocycles. The van der Waals surface area contributed by atoms with Gasteiger partial charge in [0.2, 0.25) is 11.8 Å². The van der Waals surface area contributed by atoms with Gasteiger partial charge in [-0.1, -0.05) is 140 Å². The molecule has 0 saturated carbocycles. The zero-order valence-corrected chi connectivity index (χ0v) is 29.4. The second kappa shape index (κ2) is 24.1. The van der Waals surface area contributed by atoms with E-state index in [0.29, 0.717) is 13.1 Å². The van der Waals surface area contributed by atoms with Crippen LogP contribution in [0.25, 0.3) is 0 Å². The lowest BCUT2D eigenvalue weighted by molar-refractivity contribution is -0.124. The first-order valence-corrected chi connectivity index (χ1v) is 17.7. The van der Waals surface area contributed by atoms with Gasteiger partial charge in [0, 0.05) is 13.1 Å². The highest BCUT2D eigenvalue weighted by Crippen LogP contribution is 2.11. The second-order valence-corrected chi connectivity index (χ2v) is 13.0. The molecule has 266 valence electrons. The molecule has 0 aliphatic heterocycles. The summed E-state index contributed by atoms with van der Waals surface area (Å²) in [4.78, 5) is 49.8. The van der Waals surface area contributed by atoms with E-state index in [9.17, 15) is 19.2 Å². The minimum Gasteiger partial charge on any atom is -0.445 e. The Bertz CT molecular complexity index is 1100. The van der Waals surface area contributed by atoms with Crippen LogP contribution in [0, 0.1) is 11.8 Å². The molecule has 2 aromatic rings. The number of hydrogen-bond acceptors (Lipinski definition) is 6. The van der Waals surface area contributed by atoms with Gasteiger partial charge in [-0.15, -0.1) is 0 Å². The van der Waals surface area contributed by atoms with Gasteiger partial charge in [-0.05, 0) is 35.8 Å². The van der Waals surface area contributed by atoms with Crippen LogP contribution >= 0.6 is 0 Å². The number of nitrogens with one attached hydrogen (secondary N) is 4. The molecule has 10 nitrogen and oxygen atoms in total. The van der Waals surface area contributed by atoms with Crippen molar-refractivity contribution in [3.8, 4) is 0 Å². The molecule has 0 radical (unpaired) electrons. The van der Waals surface area contributed by atoms with Crippen LogP contribution in [0.2, 0.25) is 0 Å². The highest BCUT2D eigenvalue weighted by Gasteiger charge is 2.25. The van der Waals surface area contributed by atoms with Gasteiger partial charge in [0.25, 0.3) is 0 Å². The Labute approximate surface area is 287 Å². The molecule has 0 aromatic heterocycles. The van der Waals surface area contributed by atoms with Crippen molar-refractivity contribution in [1.82, 2.24) is 21.3 Å². The summed E-state index contributed by atoms with van der Waals surface area (Å²) in [5.41, 5.74) is 1.78. The fourth-order valence-corrected chi connectivity index (χ4v) is 5.16. The van der Waals surface area contributed by atoms with E-state index in [1.807, 2.05) is 88.4 Å². The first kappa shape index (κ1) is 40.1. The molecule has 0 aliphatic rings. The second-order valence-electron chi connectivity index (χ2n) is 13.0. The molecular weight excluding hydrogens is 608 g/mol. The van der Waals surface area contributed by atoms with Crippen LogP contribution in [0.1, 0.15) is 103 Å². The fraction of sp³-hybridized carbons (Fsp3) is 0.579. The van der Waals surface area contributed by atoms with Crippen molar-refractivity contribution >= 4 is 24.0 Å². The molecule has 0 aliphatic carbocycles. The summed E-state index contributed by atoms with van der Waals surface area (Å²) in [5, 5.41) is 11.3. The lowest BCUT2D eigenvalue weighted by Gasteiger charge is -2.21.